The second kappa shape index (κ2) is 8.03. The van der Waals surface area contributed by atoms with Crippen LogP contribution in [0.5, 0.6) is 5.75 Å². The van der Waals surface area contributed by atoms with Gasteiger partial charge in [0.2, 0.25) is 0 Å². The normalized spacial score (nSPS) is 12.8. The van der Waals surface area contributed by atoms with Crippen molar-refractivity contribution in [2.45, 2.75) is 46.1 Å². The lowest BCUT2D eigenvalue weighted by atomic mass is 9.87. The molecule has 1 rings (SSSR count). The summed E-state index contributed by atoms with van der Waals surface area (Å²) < 4.78 is 5.74. The van der Waals surface area contributed by atoms with E-state index in [1.54, 1.807) is 6.92 Å². The fraction of sp³-hybridized carbons (Fsp3) is 0.588. The molecule has 4 heteroatoms. The molecule has 0 aliphatic carbocycles. The summed E-state index contributed by atoms with van der Waals surface area (Å²) in [5.74, 6) is 0.644. The van der Waals surface area contributed by atoms with Crippen LogP contribution >= 0.6 is 0 Å². The molecule has 0 radical (unpaired) electrons. The van der Waals surface area contributed by atoms with Gasteiger partial charge in [0.25, 0.3) is 5.91 Å². The largest absolute Gasteiger partial charge is 0.481 e. The van der Waals surface area contributed by atoms with Crippen LogP contribution in [-0.2, 0) is 10.2 Å². The second-order valence-corrected chi connectivity index (χ2v) is 6.18. The van der Waals surface area contributed by atoms with Gasteiger partial charge in [-0.3, -0.25) is 4.79 Å². The van der Waals surface area contributed by atoms with Crippen molar-refractivity contribution >= 4 is 5.91 Å². The van der Waals surface area contributed by atoms with Crippen molar-refractivity contribution in [2.24, 2.45) is 0 Å². The van der Waals surface area contributed by atoms with Crippen LogP contribution in [0.2, 0.25) is 0 Å². The maximum absolute atomic E-state index is 11.9. The van der Waals surface area contributed by atoms with Crippen molar-refractivity contribution in [1.29, 1.82) is 0 Å². The molecule has 1 aromatic rings. The van der Waals surface area contributed by atoms with Crippen LogP contribution in [0.15, 0.2) is 24.3 Å². The van der Waals surface area contributed by atoms with Gasteiger partial charge in [-0.05, 0) is 36.6 Å². The van der Waals surface area contributed by atoms with Crippen molar-refractivity contribution < 1.29 is 9.53 Å². The Bertz CT molecular complexity index is 452. The molecule has 0 aliphatic rings. The first kappa shape index (κ1) is 17.5. The molecule has 118 valence electrons. The summed E-state index contributed by atoms with van der Waals surface area (Å²) >= 11 is 0. The molecule has 1 unspecified atom stereocenters. The van der Waals surface area contributed by atoms with E-state index in [0.717, 1.165) is 18.8 Å². The standard InChI is InChI=1S/C17H28N2O2/c1-6-18-10-11-19-16(20)13(2)21-15-9-7-8-14(12-15)17(3,4)5/h7-9,12-13,18H,6,10-11H2,1-5H3,(H,19,20). The van der Waals surface area contributed by atoms with E-state index in [0.29, 0.717) is 6.54 Å². The number of benzene rings is 1. The second-order valence-electron chi connectivity index (χ2n) is 6.18. The SMILES string of the molecule is CCNCCNC(=O)C(C)Oc1cccc(C(C)(C)C)c1. The van der Waals surface area contributed by atoms with Crippen LogP contribution < -0.4 is 15.4 Å². The monoisotopic (exact) mass is 292 g/mol. The van der Waals surface area contributed by atoms with E-state index in [1.807, 2.05) is 25.1 Å². The smallest absolute Gasteiger partial charge is 0.260 e. The molecule has 0 fully saturated rings. The average Bonchev–Trinajstić information content (AvgIpc) is 2.42. The molecule has 0 bridgehead atoms. The van der Waals surface area contributed by atoms with Crippen LogP contribution in [0.4, 0.5) is 0 Å². The molecular formula is C17H28N2O2. The van der Waals surface area contributed by atoms with E-state index in [4.69, 9.17) is 4.74 Å². The third-order valence-electron chi connectivity index (χ3n) is 3.23. The van der Waals surface area contributed by atoms with Crippen LogP contribution in [0.3, 0.4) is 0 Å². The van der Waals surface area contributed by atoms with Crippen LogP contribution in [-0.4, -0.2) is 31.6 Å². The Labute approximate surface area is 128 Å². The maximum atomic E-state index is 11.9. The predicted octanol–water partition coefficient (Wildman–Crippen LogP) is 2.48. The summed E-state index contributed by atoms with van der Waals surface area (Å²) in [6, 6.07) is 7.93. The number of hydrogen-bond acceptors (Lipinski definition) is 3. The molecule has 0 aliphatic heterocycles. The topological polar surface area (TPSA) is 50.4 Å². The van der Waals surface area contributed by atoms with Crippen LogP contribution in [0.1, 0.15) is 40.2 Å². The molecule has 2 N–H and O–H groups in total. The molecule has 1 amide bonds. The minimum absolute atomic E-state index is 0.0662. The van der Waals surface area contributed by atoms with Gasteiger partial charge in [0.15, 0.2) is 6.10 Å². The number of rotatable bonds is 7. The number of carbonyl (C=O) groups excluding carboxylic acids is 1. The van der Waals surface area contributed by atoms with Gasteiger partial charge in [-0.2, -0.15) is 0 Å². The average molecular weight is 292 g/mol. The highest BCUT2D eigenvalue weighted by atomic mass is 16.5. The zero-order valence-electron chi connectivity index (χ0n) is 13.8. The lowest BCUT2D eigenvalue weighted by molar-refractivity contribution is -0.127. The Balaban J connectivity index is 2.54. The fourth-order valence-corrected chi connectivity index (χ4v) is 1.89. The highest BCUT2D eigenvalue weighted by Crippen LogP contribution is 2.25. The molecule has 0 saturated heterocycles. The van der Waals surface area contributed by atoms with E-state index in [1.165, 1.54) is 5.56 Å². The third kappa shape index (κ3) is 6.17. The maximum Gasteiger partial charge on any atom is 0.260 e. The molecule has 1 aromatic carbocycles. The minimum Gasteiger partial charge on any atom is -0.481 e. The van der Waals surface area contributed by atoms with Gasteiger partial charge in [0.1, 0.15) is 5.75 Å². The van der Waals surface area contributed by atoms with Crippen LogP contribution in [0, 0.1) is 0 Å². The Morgan fingerprint density at radius 2 is 2.00 bits per heavy atom. The summed E-state index contributed by atoms with van der Waals surface area (Å²) in [5.41, 5.74) is 1.26. The number of likely N-dealkylation sites (N-methyl/N-ethyl adjacent to an activating group) is 1. The van der Waals surface area contributed by atoms with Crippen molar-refractivity contribution in [3.63, 3.8) is 0 Å². The quantitative estimate of drug-likeness (QED) is 0.759. The fourth-order valence-electron chi connectivity index (χ4n) is 1.89. The summed E-state index contributed by atoms with van der Waals surface area (Å²) in [5, 5.41) is 6.02. The molecule has 0 aromatic heterocycles. The van der Waals surface area contributed by atoms with Crippen molar-refractivity contribution in [3.05, 3.63) is 29.8 Å². The molecular weight excluding hydrogens is 264 g/mol. The van der Waals surface area contributed by atoms with E-state index >= 15 is 0 Å². The zero-order valence-corrected chi connectivity index (χ0v) is 13.8. The highest BCUT2D eigenvalue weighted by molar-refractivity contribution is 5.80. The van der Waals surface area contributed by atoms with E-state index in [2.05, 4.69) is 37.5 Å². The Morgan fingerprint density at radius 3 is 2.62 bits per heavy atom. The highest BCUT2D eigenvalue weighted by Gasteiger charge is 2.17. The first-order valence-electron chi connectivity index (χ1n) is 7.60. The van der Waals surface area contributed by atoms with Gasteiger partial charge in [-0.15, -0.1) is 0 Å². The van der Waals surface area contributed by atoms with E-state index < -0.39 is 6.10 Å². The summed E-state index contributed by atoms with van der Waals surface area (Å²) in [6.07, 6.45) is -0.498. The molecule has 0 saturated carbocycles. The van der Waals surface area contributed by atoms with Crippen LogP contribution in [0.25, 0.3) is 0 Å². The molecule has 0 spiro atoms. The van der Waals surface area contributed by atoms with Gasteiger partial charge in [-0.25, -0.2) is 0 Å². The third-order valence-corrected chi connectivity index (χ3v) is 3.23. The number of carbonyl (C=O) groups is 1. The number of hydrogen-bond donors (Lipinski definition) is 2. The van der Waals surface area contributed by atoms with E-state index in [-0.39, 0.29) is 11.3 Å². The first-order valence-corrected chi connectivity index (χ1v) is 7.60. The molecule has 1 atom stereocenters. The number of ether oxygens (including phenoxy) is 1. The van der Waals surface area contributed by atoms with Gasteiger partial charge in [0.05, 0.1) is 0 Å². The Morgan fingerprint density at radius 1 is 1.29 bits per heavy atom. The van der Waals surface area contributed by atoms with Gasteiger partial charge >= 0.3 is 0 Å². The number of nitrogens with one attached hydrogen (secondary N) is 2. The minimum atomic E-state index is -0.498. The predicted molar refractivity (Wildman–Crippen MR) is 86.8 cm³/mol. The molecule has 0 heterocycles. The zero-order chi connectivity index (χ0) is 15.9. The molecule has 4 nitrogen and oxygen atoms in total. The Hall–Kier alpha value is -1.55. The van der Waals surface area contributed by atoms with Gasteiger partial charge < -0.3 is 15.4 Å². The van der Waals surface area contributed by atoms with Gasteiger partial charge in [0, 0.05) is 13.1 Å². The summed E-state index contributed by atoms with van der Waals surface area (Å²) in [7, 11) is 0. The lowest BCUT2D eigenvalue weighted by Crippen LogP contribution is -2.39. The summed E-state index contributed by atoms with van der Waals surface area (Å²) in [4.78, 5) is 11.9. The summed E-state index contributed by atoms with van der Waals surface area (Å²) in [6.45, 7) is 12.6. The van der Waals surface area contributed by atoms with Crippen molar-refractivity contribution in [2.75, 3.05) is 19.6 Å². The lowest BCUT2D eigenvalue weighted by Gasteiger charge is -2.21. The first-order chi connectivity index (χ1) is 9.84. The van der Waals surface area contributed by atoms with Crippen molar-refractivity contribution in [3.8, 4) is 5.75 Å². The molecule has 21 heavy (non-hydrogen) atoms. The number of amides is 1. The van der Waals surface area contributed by atoms with Gasteiger partial charge in [-0.1, -0.05) is 39.8 Å². The Kier molecular flexibility index (Phi) is 6.69. The van der Waals surface area contributed by atoms with E-state index in [9.17, 15) is 4.79 Å². The van der Waals surface area contributed by atoms with Crippen molar-refractivity contribution in [1.82, 2.24) is 10.6 Å².